The van der Waals surface area contributed by atoms with Gasteiger partial charge in [-0.1, -0.05) is 12.1 Å². The van der Waals surface area contributed by atoms with Gasteiger partial charge in [0.15, 0.2) is 0 Å². The van der Waals surface area contributed by atoms with Crippen LogP contribution >= 0.6 is 11.3 Å². The summed E-state index contributed by atoms with van der Waals surface area (Å²) >= 11 is 1.66. The molecule has 0 bridgehead atoms. The zero-order valence-electron chi connectivity index (χ0n) is 19.7. The largest absolute Gasteiger partial charge is 0.368 e. The van der Waals surface area contributed by atoms with Crippen LogP contribution in [0.25, 0.3) is 10.2 Å². The Morgan fingerprint density at radius 1 is 0.939 bits per heavy atom. The van der Waals surface area contributed by atoms with E-state index < -0.39 is 0 Å². The molecule has 33 heavy (non-hydrogen) atoms. The standard InChI is InChI=1S/C26H32N4O2S/c1-18-5-4-6-21(19(18)2)28-12-14-30(15-13-28)25(31)20-7-10-29(11-8-20)26(32)23-17-24-22(27(23)3)9-16-33-24/h4-6,9,16-17,20H,7-8,10-15H2,1-3H3. The zero-order valence-corrected chi connectivity index (χ0v) is 20.5. The molecule has 2 amide bonds. The van der Waals surface area contributed by atoms with Crippen molar-refractivity contribution < 1.29 is 9.59 Å². The Labute approximate surface area is 199 Å². The maximum absolute atomic E-state index is 13.2. The summed E-state index contributed by atoms with van der Waals surface area (Å²) in [6.45, 7) is 8.91. The zero-order chi connectivity index (χ0) is 23.1. The van der Waals surface area contributed by atoms with E-state index in [0.29, 0.717) is 13.1 Å². The molecular formula is C26H32N4O2S. The first-order chi connectivity index (χ1) is 15.9. The van der Waals surface area contributed by atoms with E-state index in [4.69, 9.17) is 0 Å². The number of carbonyl (C=O) groups is 2. The third-order valence-corrected chi connectivity index (χ3v) is 8.38. The van der Waals surface area contributed by atoms with Gasteiger partial charge in [-0.3, -0.25) is 9.59 Å². The van der Waals surface area contributed by atoms with Crippen molar-refractivity contribution in [3.05, 3.63) is 52.5 Å². The quantitative estimate of drug-likeness (QED) is 0.587. The molecular weight excluding hydrogens is 432 g/mol. The third-order valence-electron chi connectivity index (χ3n) is 7.52. The first-order valence-electron chi connectivity index (χ1n) is 11.9. The van der Waals surface area contributed by atoms with Crippen molar-refractivity contribution in [2.75, 3.05) is 44.2 Å². The van der Waals surface area contributed by atoms with Crippen LogP contribution in [0.1, 0.15) is 34.5 Å². The van der Waals surface area contributed by atoms with E-state index >= 15 is 0 Å². The average molecular weight is 465 g/mol. The van der Waals surface area contributed by atoms with Gasteiger partial charge in [0.25, 0.3) is 5.91 Å². The maximum atomic E-state index is 13.2. The monoisotopic (exact) mass is 464 g/mol. The highest BCUT2D eigenvalue weighted by atomic mass is 32.1. The smallest absolute Gasteiger partial charge is 0.270 e. The van der Waals surface area contributed by atoms with Gasteiger partial charge in [0.2, 0.25) is 5.91 Å². The van der Waals surface area contributed by atoms with E-state index in [1.165, 1.54) is 16.8 Å². The summed E-state index contributed by atoms with van der Waals surface area (Å²) < 4.78 is 3.13. The highest BCUT2D eigenvalue weighted by molar-refractivity contribution is 7.17. The van der Waals surface area contributed by atoms with Crippen LogP contribution in [0.3, 0.4) is 0 Å². The van der Waals surface area contributed by atoms with Crippen LogP contribution in [0.4, 0.5) is 5.69 Å². The first-order valence-corrected chi connectivity index (χ1v) is 12.7. The van der Waals surface area contributed by atoms with E-state index in [1.54, 1.807) is 11.3 Å². The van der Waals surface area contributed by atoms with E-state index in [9.17, 15) is 9.59 Å². The minimum atomic E-state index is 0.0261. The maximum Gasteiger partial charge on any atom is 0.270 e. The summed E-state index contributed by atoms with van der Waals surface area (Å²) in [5, 5.41) is 2.05. The van der Waals surface area contributed by atoms with Crippen LogP contribution in [0, 0.1) is 19.8 Å². The molecule has 0 radical (unpaired) electrons. The minimum Gasteiger partial charge on any atom is -0.368 e. The second-order valence-corrected chi connectivity index (χ2v) is 10.3. The first kappa shape index (κ1) is 22.0. The van der Waals surface area contributed by atoms with Crippen molar-refractivity contribution in [3.63, 3.8) is 0 Å². The lowest BCUT2D eigenvalue weighted by Gasteiger charge is -2.40. The number of rotatable bonds is 3. The fourth-order valence-electron chi connectivity index (χ4n) is 5.25. The van der Waals surface area contributed by atoms with Gasteiger partial charge >= 0.3 is 0 Å². The number of carbonyl (C=O) groups excluding carboxylic acids is 2. The predicted molar refractivity (Wildman–Crippen MR) is 134 cm³/mol. The Kier molecular flexibility index (Phi) is 5.91. The number of thiophene rings is 1. The fourth-order valence-corrected chi connectivity index (χ4v) is 6.10. The van der Waals surface area contributed by atoms with Crippen molar-refractivity contribution in [2.45, 2.75) is 26.7 Å². The number of piperidine rings is 1. The number of amides is 2. The molecule has 2 aromatic heterocycles. The van der Waals surface area contributed by atoms with Crippen LogP contribution in [0.15, 0.2) is 35.7 Å². The fraction of sp³-hybridized carbons (Fsp3) is 0.462. The lowest BCUT2D eigenvalue weighted by atomic mass is 9.94. The van der Waals surface area contributed by atoms with Crippen LogP contribution in [-0.2, 0) is 11.8 Å². The second-order valence-electron chi connectivity index (χ2n) is 9.36. The molecule has 2 fully saturated rings. The Hall–Kier alpha value is -2.80. The summed E-state index contributed by atoms with van der Waals surface area (Å²) in [6, 6.07) is 10.5. The van der Waals surface area contributed by atoms with Gasteiger partial charge in [-0.15, -0.1) is 11.3 Å². The molecule has 0 N–H and O–H groups in total. The normalized spacial score (nSPS) is 17.7. The van der Waals surface area contributed by atoms with Gasteiger partial charge in [0.05, 0.1) is 10.2 Å². The molecule has 0 spiro atoms. The summed E-state index contributed by atoms with van der Waals surface area (Å²) in [4.78, 5) is 32.7. The average Bonchev–Trinajstić information content (AvgIpc) is 3.43. The number of anilines is 1. The van der Waals surface area contributed by atoms with Crippen molar-refractivity contribution in [3.8, 4) is 0 Å². The van der Waals surface area contributed by atoms with Crippen LogP contribution < -0.4 is 4.90 Å². The van der Waals surface area contributed by atoms with Crippen LogP contribution in [0.2, 0.25) is 0 Å². The van der Waals surface area contributed by atoms with Crippen LogP contribution in [-0.4, -0.2) is 65.4 Å². The lowest BCUT2D eigenvalue weighted by Crippen LogP contribution is -2.52. The molecule has 2 aliphatic heterocycles. The van der Waals surface area contributed by atoms with Gasteiger partial charge in [0.1, 0.15) is 5.69 Å². The van der Waals surface area contributed by atoms with Gasteiger partial charge < -0.3 is 19.3 Å². The molecule has 174 valence electrons. The number of hydrogen-bond acceptors (Lipinski definition) is 4. The summed E-state index contributed by atoms with van der Waals surface area (Å²) in [7, 11) is 1.95. The van der Waals surface area contributed by atoms with Crippen molar-refractivity contribution in [1.82, 2.24) is 14.4 Å². The van der Waals surface area contributed by atoms with Crippen molar-refractivity contribution in [2.24, 2.45) is 13.0 Å². The molecule has 0 aliphatic carbocycles. The molecule has 1 aromatic carbocycles. The number of fused-ring (bicyclic) bond motifs is 1. The number of piperazine rings is 1. The lowest BCUT2D eigenvalue weighted by molar-refractivity contribution is -0.137. The van der Waals surface area contributed by atoms with Crippen molar-refractivity contribution in [1.29, 1.82) is 0 Å². The number of benzene rings is 1. The number of aromatic nitrogens is 1. The highest BCUT2D eigenvalue weighted by Gasteiger charge is 2.33. The molecule has 2 aliphatic rings. The van der Waals surface area contributed by atoms with Gasteiger partial charge in [-0.25, -0.2) is 0 Å². The summed E-state index contributed by atoms with van der Waals surface area (Å²) in [6.07, 6.45) is 1.50. The molecule has 7 heteroatoms. The second kappa shape index (κ2) is 8.86. The Morgan fingerprint density at radius 2 is 1.67 bits per heavy atom. The van der Waals surface area contributed by atoms with Crippen molar-refractivity contribution >= 4 is 39.1 Å². The Morgan fingerprint density at radius 3 is 2.36 bits per heavy atom. The minimum absolute atomic E-state index is 0.0261. The van der Waals surface area contributed by atoms with E-state index in [0.717, 1.165) is 54.9 Å². The van der Waals surface area contributed by atoms with E-state index in [2.05, 4.69) is 48.4 Å². The molecule has 3 aromatic rings. The highest BCUT2D eigenvalue weighted by Crippen LogP contribution is 2.28. The molecule has 0 unspecified atom stereocenters. The summed E-state index contributed by atoms with van der Waals surface area (Å²) in [5.74, 6) is 0.370. The Balaban J connectivity index is 1.16. The van der Waals surface area contributed by atoms with E-state index in [1.807, 2.05) is 27.5 Å². The SMILES string of the molecule is Cc1cccc(N2CCN(C(=O)C3CCN(C(=O)c4cc5sccc5n4C)CC3)CC2)c1C. The Bertz CT molecular complexity index is 1180. The molecule has 5 rings (SSSR count). The van der Waals surface area contributed by atoms with Gasteiger partial charge in [-0.2, -0.15) is 0 Å². The van der Waals surface area contributed by atoms with Gasteiger partial charge in [-0.05, 0) is 61.4 Å². The summed E-state index contributed by atoms with van der Waals surface area (Å²) in [5.41, 5.74) is 5.77. The van der Waals surface area contributed by atoms with Gasteiger partial charge in [0, 0.05) is 57.9 Å². The molecule has 2 saturated heterocycles. The molecule has 6 nitrogen and oxygen atoms in total. The molecule has 0 saturated carbocycles. The predicted octanol–water partition coefficient (Wildman–Crippen LogP) is 4.06. The van der Waals surface area contributed by atoms with Crippen LogP contribution in [0.5, 0.6) is 0 Å². The number of aryl methyl sites for hydroxylation is 2. The third kappa shape index (κ3) is 4.03. The topological polar surface area (TPSA) is 48.8 Å². The number of hydrogen-bond donors (Lipinski definition) is 0. The molecule has 0 atom stereocenters. The molecule has 4 heterocycles. The number of nitrogens with zero attached hydrogens (tertiary/aromatic N) is 4. The number of likely N-dealkylation sites (tertiary alicyclic amines) is 1. The van der Waals surface area contributed by atoms with E-state index in [-0.39, 0.29) is 17.7 Å².